The molecule has 0 fully saturated rings. The van der Waals surface area contributed by atoms with E-state index in [2.05, 4.69) is 20.6 Å². The number of nitrogens with zero attached hydrogens (tertiary/aromatic N) is 4. The van der Waals surface area contributed by atoms with Crippen LogP contribution in [-0.4, -0.2) is 37.0 Å². The molecule has 0 aliphatic carbocycles. The van der Waals surface area contributed by atoms with Gasteiger partial charge in [-0.05, 0) is 24.6 Å². The van der Waals surface area contributed by atoms with Gasteiger partial charge in [0.25, 0.3) is 5.91 Å². The SMILES string of the molecule is Cc1nc(NC(=O)c2cn(Cc3ccc(Cl)c(Cl)c3)nn2)sc1C(=O)O. The molecule has 2 heterocycles. The molecule has 0 radical (unpaired) electrons. The Morgan fingerprint density at radius 3 is 2.73 bits per heavy atom. The van der Waals surface area contributed by atoms with Gasteiger partial charge in [-0.3, -0.25) is 10.1 Å². The molecule has 1 aromatic carbocycles. The fraction of sp³-hybridized carbons (Fsp3) is 0.133. The summed E-state index contributed by atoms with van der Waals surface area (Å²) < 4.78 is 1.48. The normalized spacial score (nSPS) is 10.7. The summed E-state index contributed by atoms with van der Waals surface area (Å²) in [5.74, 6) is -1.62. The molecule has 2 aromatic heterocycles. The Morgan fingerprint density at radius 2 is 2.08 bits per heavy atom. The first-order valence-corrected chi connectivity index (χ1v) is 8.77. The van der Waals surface area contributed by atoms with Crippen LogP contribution in [0.2, 0.25) is 10.0 Å². The Balaban J connectivity index is 1.70. The highest BCUT2D eigenvalue weighted by molar-refractivity contribution is 7.17. The number of thiazole rings is 1. The van der Waals surface area contributed by atoms with E-state index in [1.54, 1.807) is 25.1 Å². The highest BCUT2D eigenvalue weighted by atomic mass is 35.5. The summed E-state index contributed by atoms with van der Waals surface area (Å²) in [6.45, 7) is 1.92. The Hall–Kier alpha value is -2.49. The lowest BCUT2D eigenvalue weighted by Crippen LogP contribution is -2.12. The number of rotatable bonds is 5. The van der Waals surface area contributed by atoms with E-state index in [9.17, 15) is 9.59 Å². The number of hydrogen-bond donors (Lipinski definition) is 2. The van der Waals surface area contributed by atoms with Crippen LogP contribution in [0.5, 0.6) is 0 Å². The van der Waals surface area contributed by atoms with Gasteiger partial charge in [-0.15, -0.1) is 5.10 Å². The molecule has 8 nitrogen and oxygen atoms in total. The van der Waals surface area contributed by atoms with Crippen LogP contribution >= 0.6 is 34.5 Å². The van der Waals surface area contributed by atoms with Gasteiger partial charge in [0, 0.05) is 0 Å². The molecule has 0 unspecified atom stereocenters. The maximum Gasteiger partial charge on any atom is 0.347 e. The van der Waals surface area contributed by atoms with Gasteiger partial charge in [0.05, 0.1) is 28.5 Å². The summed E-state index contributed by atoms with van der Waals surface area (Å²) >= 11 is 12.7. The second kappa shape index (κ2) is 7.40. The van der Waals surface area contributed by atoms with Crippen molar-refractivity contribution in [2.24, 2.45) is 0 Å². The van der Waals surface area contributed by atoms with Crippen molar-refractivity contribution in [3.63, 3.8) is 0 Å². The third-order valence-corrected chi connectivity index (χ3v) is 5.11. The number of carboxylic acids is 1. The lowest BCUT2D eigenvalue weighted by atomic mass is 10.2. The molecular weight excluding hydrogens is 401 g/mol. The van der Waals surface area contributed by atoms with Gasteiger partial charge in [0.1, 0.15) is 4.88 Å². The molecule has 3 aromatic rings. The van der Waals surface area contributed by atoms with E-state index < -0.39 is 11.9 Å². The summed E-state index contributed by atoms with van der Waals surface area (Å²) in [6.07, 6.45) is 1.47. The van der Waals surface area contributed by atoms with Gasteiger partial charge in [-0.2, -0.15) is 0 Å². The van der Waals surface area contributed by atoms with Crippen LogP contribution in [0.4, 0.5) is 5.13 Å². The summed E-state index contributed by atoms with van der Waals surface area (Å²) in [4.78, 5) is 27.3. The van der Waals surface area contributed by atoms with Gasteiger partial charge >= 0.3 is 5.97 Å². The molecule has 0 spiro atoms. The first-order chi connectivity index (χ1) is 12.3. The Kier molecular flexibility index (Phi) is 5.21. The van der Waals surface area contributed by atoms with Crippen LogP contribution in [0, 0.1) is 6.92 Å². The van der Waals surface area contributed by atoms with E-state index >= 15 is 0 Å². The van der Waals surface area contributed by atoms with Crippen molar-refractivity contribution in [1.29, 1.82) is 0 Å². The quantitative estimate of drug-likeness (QED) is 0.665. The van der Waals surface area contributed by atoms with Crippen LogP contribution in [0.25, 0.3) is 0 Å². The van der Waals surface area contributed by atoms with Crippen molar-refractivity contribution < 1.29 is 14.7 Å². The monoisotopic (exact) mass is 411 g/mol. The molecule has 1 amide bonds. The number of carboxylic acid groups (broad SMARTS) is 1. The molecule has 0 aliphatic heterocycles. The zero-order valence-corrected chi connectivity index (χ0v) is 15.6. The first kappa shape index (κ1) is 18.3. The van der Waals surface area contributed by atoms with E-state index in [0.29, 0.717) is 22.3 Å². The average molecular weight is 412 g/mol. The van der Waals surface area contributed by atoms with Gasteiger partial charge in [0.15, 0.2) is 10.8 Å². The summed E-state index contributed by atoms with van der Waals surface area (Å²) in [6, 6.07) is 5.17. The summed E-state index contributed by atoms with van der Waals surface area (Å²) in [7, 11) is 0. The van der Waals surface area contributed by atoms with E-state index in [4.69, 9.17) is 28.3 Å². The van der Waals surface area contributed by atoms with Crippen LogP contribution in [-0.2, 0) is 6.54 Å². The molecule has 11 heteroatoms. The lowest BCUT2D eigenvalue weighted by molar-refractivity contribution is 0.0701. The predicted molar refractivity (Wildman–Crippen MR) is 97.3 cm³/mol. The maximum atomic E-state index is 12.2. The molecule has 2 N–H and O–H groups in total. The molecule has 134 valence electrons. The minimum absolute atomic E-state index is 0.0728. The number of aromatic nitrogens is 4. The third-order valence-electron chi connectivity index (χ3n) is 3.31. The number of aryl methyl sites for hydroxylation is 1. The number of carbonyl (C=O) groups is 2. The fourth-order valence-corrected chi connectivity index (χ4v) is 3.24. The smallest absolute Gasteiger partial charge is 0.347 e. The lowest BCUT2D eigenvalue weighted by Gasteiger charge is -2.02. The van der Waals surface area contributed by atoms with E-state index in [1.165, 1.54) is 10.9 Å². The zero-order valence-electron chi connectivity index (χ0n) is 13.2. The number of aromatic carboxylic acids is 1. The number of benzene rings is 1. The van der Waals surface area contributed by atoms with Gasteiger partial charge in [-0.1, -0.05) is 45.8 Å². The Labute approximate surface area is 161 Å². The number of halogens is 2. The van der Waals surface area contributed by atoms with Crippen molar-refractivity contribution in [1.82, 2.24) is 20.0 Å². The van der Waals surface area contributed by atoms with Crippen LogP contribution < -0.4 is 5.32 Å². The number of carbonyl (C=O) groups excluding carboxylic acids is 1. The average Bonchev–Trinajstić information content (AvgIpc) is 3.18. The molecule has 0 saturated carbocycles. The zero-order chi connectivity index (χ0) is 18.8. The molecule has 0 atom stereocenters. The molecule has 26 heavy (non-hydrogen) atoms. The third kappa shape index (κ3) is 4.01. The summed E-state index contributed by atoms with van der Waals surface area (Å²) in [5.41, 5.74) is 1.26. The van der Waals surface area contributed by atoms with E-state index in [-0.39, 0.29) is 15.7 Å². The van der Waals surface area contributed by atoms with Gasteiger partial charge in [-0.25, -0.2) is 14.5 Å². The molecule has 3 rings (SSSR count). The van der Waals surface area contributed by atoms with Crippen molar-refractivity contribution in [3.8, 4) is 0 Å². The Bertz CT molecular complexity index is 1000. The molecule has 0 bridgehead atoms. The minimum atomic E-state index is -1.09. The highest BCUT2D eigenvalue weighted by Gasteiger charge is 2.17. The van der Waals surface area contributed by atoms with E-state index in [1.807, 2.05) is 0 Å². The van der Waals surface area contributed by atoms with Crippen molar-refractivity contribution in [2.45, 2.75) is 13.5 Å². The Morgan fingerprint density at radius 1 is 1.31 bits per heavy atom. The van der Waals surface area contributed by atoms with E-state index in [0.717, 1.165) is 16.9 Å². The standard InChI is InChI=1S/C15H11Cl2N5O3S/c1-7-12(14(24)25)26-15(18-7)19-13(23)11-6-22(21-20-11)5-8-2-3-9(16)10(17)4-8/h2-4,6H,5H2,1H3,(H,24,25)(H,18,19,23). The maximum absolute atomic E-state index is 12.2. The number of anilines is 1. The van der Waals surface area contributed by atoms with Crippen LogP contribution in [0.3, 0.4) is 0 Å². The summed E-state index contributed by atoms with van der Waals surface area (Å²) in [5, 5.41) is 20.3. The van der Waals surface area contributed by atoms with Gasteiger partial charge < -0.3 is 5.11 Å². The van der Waals surface area contributed by atoms with Gasteiger partial charge in [0.2, 0.25) is 0 Å². The molecular formula is C15H11Cl2N5O3S. The topological polar surface area (TPSA) is 110 Å². The number of hydrogen-bond acceptors (Lipinski definition) is 6. The molecule has 0 saturated heterocycles. The largest absolute Gasteiger partial charge is 0.477 e. The van der Waals surface area contributed by atoms with Crippen molar-refractivity contribution >= 4 is 51.5 Å². The highest BCUT2D eigenvalue weighted by Crippen LogP contribution is 2.24. The fourth-order valence-electron chi connectivity index (χ4n) is 2.11. The predicted octanol–water partition coefficient (Wildman–Crippen LogP) is 3.35. The second-order valence-electron chi connectivity index (χ2n) is 5.24. The molecule has 0 aliphatic rings. The van der Waals surface area contributed by atoms with Crippen molar-refractivity contribution in [3.05, 3.63) is 56.3 Å². The minimum Gasteiger partial charge on any atom is -0.477 e. The number of nitrogens with one attached hydrogen (secondary N) is 1. The second-order valence-corrected chi connectivity index (χ2v) is 7.06. The first-order valence-electron chi connectivity index (χ1n) is 7.19. The number of amides is 1. The van der Waals surface area contributed by atoms with Crippen molar-refractivity contribution in [2.75, 3.05) is 5.32 Å². The van der Waals surface area contributed by atoms with Crippen LogP contribution in [0.1, 0.15) is 31.4 Å². The van der Waals surface area contributed by atoms with Crippen LogP contribution in [0.15, 0.2) is 24.4 Å².